The standard InChI is InChI=1S/C12H10BF4N3O2/c14-12(15,13(16)17)22-10-4-2-1-3-9(10)11(21)18-7-8-5-6-19-20-8/h1-6H,7H2,(H,18,21)(H,19,20). The van der Waals surface area contributed by atoms with Gasteiger partial charge in [-0.05, 0) is 18.2 Å². The molecule has 1 heterocycles. The predicted octanol–water partition coefficient (Wildman–Crippen LogP) is 2.28. The van der Waals surface area contributed by atoms with Gasteiger partial charge in [0.2, 0.25) is 0 Å². The fraction of sp³-hybridized carbons (Fsp3) is 0.167. The van der Waals surface area contributed by atoms with E-state index in [2.05, 4.69) is 20.3 Å². The molecular formula is C12H10BF4N3O2. The van der Waals surface area contributed by atoms with E-state index in [0.29, 0.717) is 5.69 Å². The molecule has 0 unspecified atom stereocenters. The smallest absolute Gasteiger partial charge is 0.434 e. The number of halogens is 4. The summed E-state index contributed by atoms with van der Waals surface area (Å²) >= 11 is 0. The monoisotopic (exact) mass is 315 g/mol. The Kier molecular flexibility index (Phi) is 4.69. The highest BCUT2D eigenvalue weighted by molar-refractivity contribution is 6.45. The molecule has 2 rings (SSSR count). The molecule has 2 aromatic rings. The van der Waals surface area contributed by atoms with Crippen LogP contribution >= 0.6 is 0 Å². The van der Waals surface area contributed by atoms with Crippen molar-refractivity contribution in [2.24, 2.45) is 0 Å². The van der Waals surface area contributed by atoms with E-state index in [1.807, 2.05) is 0 Å². The van der Waals surface area contributed by atoms with Crippen molar-refractivity contribution >= 4 is 13.2 Å². The van der Waals surface area contributed by atoms with Gasteiger partial charge in [0.05, 0.1) is 17.8 Å². The minimum absolute atomic E-state index is 0.0679. The van der Waals surface area contributed by atoms with Crippen LogP contribution in [-0.4, -0.2) is 29.4 Å². The van der Waals surface area contributed by atoms with Gasteiger partial charge in [0, 0.05) is 6.20 Å². The van der Waals surface area contributed by atoms with Gasteiger partial charge in [-0.2, -0.15) is 13.9 Å². The third-order valence-electron chi connectivity index (χ3n) is 2.63. The number of rotatable bonds is 6. The molecule has 0 aliphatic heterocycles. The minimum Gasteiger partial charge on any atom is -0.434 e. The molecule has 0 saturated heterocycles. The predicted molar refractivity (Wildman–Crippen MR) is 69.7 cm³/mol. The Morgan fingerprint density at radius 3 is 2.68 bits per heavy atom. The highest BCUT2D eigenvalue weighted by atomic mass is 19.3. The van der Waals surface area contributed by atoms with Gasteiger partial charge in [-0.3, -0.25) is 18.5 Å². The molecule has 2 N–H and O–H groups in total. The lowest BCUT2D eigenvalue weighted by Crippen LogP contribution is -2.38. The first-order valence-corrected chi connectivity index (χ1v) is 6.10. The lowest BCUT2D eigenvalue weighted by Gasteiger charge is -2.17. The molecular weight excluding hydrogens is 305 g/mol. The van der Waals surface area contributed by atoms with E-state index in [1.54, 1.807) is 6.07 Å². The van der Waals surface area contributed by atoms with Crippen molar-refractivity contribution in [2.75, 3.05) is 0 Å². The van der Waals surface area contributed by atoms with Crippen LogP contribution in [0.1, 0.15) is 16.1 Å². The first kappa shape index (κ1) is 15.9. The number of H-pyrrole nitrogens is 1. The number of hydrogen-bond acceptors (Lipinski definition) is 3. The Morgan fingerprint density at radius 2 is 2.05 bits per heavy atom. The van der Waals surface area contributed by atoms with Crippen LogP contribution in [0.3, 0.4) is 0 Å². The Hall–Kier alpha value is -2.52. The molecule has 22 heavy (non-hydrogen) atoms. The van der Waals surface area contributed by atoms with Crippen LogP contribution in [0, 0.1) is 0 Å². The summed E-state index contributed by atoms with van der Waals surface area (Å²) in [7, 11) is -4.01. The lowest BCUT2D eigenvalue weighted by molar-refractivity contribution is -0.117. The maximum Gasteiger partial charge on any atom is 0.664 e. The normalized spacial score (nSPS) is 11.1. The second-order valence-electron chi connectivity index (χ2n) is 4.23. The van der Waals surface area contributed by atoms with Gasteiger partial charge in [0.15, 0.2) is 0 Å². The van der Waals surface area contributed by atoms with Gasteiger partial charge in [-0.25, -0.2) is 0 Å². The van der Waals surface area contributed by atoms with Crippen molar-refractivity contribution in [3.8, 4) is 5.75 Å². The molecule has 0 aliphatic rings. The van der Waals surface area contributed by atoms with Crippen LogP contribution in [0.25, 0.3) is 0 Å². The van der Waals surface area contributed by atoms with Crippen molar-refractivity contribution in [3.63, 3.8) is 0 Å². The number of carbonyl (C=O) groups is 1. The molecule has 1 aromatic carbocycles. The maximum atomic E-state index is 13.0. The summed E-state index contributed by atoms with van der Waals surface area (Å²) in [6, 6.07) is 1.83. The fourth-order valence-corrected chi connectivity index (χ4v) is 1.59. The third kappa shape index (κ3) is 3.77. The largest absolute Gasteiger partial charge is 0.664 e. The number of ether oxygens (including phenoxy) is 1. The van der Waals surface area contributed by atoms with Crippen molar-refractivity contribution in [2.45, 2.75) is 12.6 Å². The van der Waals surface area contributed by atoms with E-state index in [1.165, 1.54) is 24.4 Å². The number of amides is 1. The first-order chi connectivity index (χ1) is 10.4. The maximum absolute atomic E-state index is 13.0. The summed E-state index contributed by atoms with van der Waals surface area (Å²) in [5, 5.41) is 8.71. The van der Waals surface area contributed by atoms with Gasteiger partial charge in [-0.1, -0.05) is 12.1 Å². The van der Waals surface area contributed by atoms with Gasteiger partial charge in [0.1, 0.15) is 5.75 Å². The van der Waals surface area contributed by atoms with E-state index in [-0.39, 0.29) is 12.1 Å². The van der Waals surface area contributed by atoms with E-state index in [9.17, 15) is 22.2 Å². The molecule has 0 fully saturated rings. The van der Waals surface area contributed by atoms with Crippen LogP contribution in [0.15, 0.2) is 36.5 Å². The van der Waals surface area contributed by atoms with Crippen molar-refractivity contribution < 1.29 is 26.9 Å². The second kappa shape index (κ2) is 6.50. The lowest BCUT2D eigenvalue weighted by atomic mass is 9.97. The first-order valence-electron chi connectivity index (χ1n) is 6.10. The molecule has 5 nitrogen and oxygen atoms in total. The van der Waals surface area contributed by atoms with Crippen LogP contribution in [0.2, 0.25) is 0 Å². The second-order valence-corrected chi connectivity index (χ2v) is 4.23. The number of aromatic nitrogens is 2. The van der Waals surface area contributed by atoms with Crippen LogP contribution in [0.4, 0.5) is 17.4 Å². The fourth-order valence-electron chi connectivity index (χ4n) is 1.59. The zero-order valence-electron chi connectivity index (χ0n) is 11.0. The topological polar surface area (TPSA) is 67.0 Å². The highest BCUT2D eigenvalue weighted by Gasteiger charge is 2.51. The molecule has 1 aromatic heterocycles. The SMILES string of the molecule is O=C(NCc1ccn[nH]1)c1ccccc1OC(F)(F)B(F)F. The van der Waals surface area contributed by atoms with Gasteiger partial charge in [-0.15, -0.1) is 0 Å². The summed E-state index contributed by atoms with van der Waals surface area (Å²) < 4.78 is 54.3. The number of nitrogens with zero attached hydrogens (tertiary/aromatic N) is 1. The summed E-state index contributed by atoms with van der Waals surface area (Å²) in [5.41, 5.74) is 0.312. The van der Waals surface area contributed by atoms with E-state index < -0.39 is 24.9 Å². The Balaban J connectivity index is 2.12. The summed E-state index contributed by atoms with van der Waals surface area (Å²) in [6.07, 6.45) is 1.47. The van der Waals surface area contributed by atoms with Gasteiger partial charge in [0.25, 0.3) is 5.91 Å². The average Bonchev–Trinajstić information content (AvgIpc) is 2.98. The quantitative estimate of drug-likeness (QED) is 0.635. The molecule has 0 spiro atoms. The Bertz CT molecular complexity index is 637. The third-order valence-corrected chi connectivity index (χ3v) is 2.63. The minimum atomic E-state index is -4.68. The van der Waals surface area contributed by atoms with Crippen LogP contribution in [-0.2, 0) is 6.54 Å². The molecule has 0 saturated carbocycles. The molecule has 1 amide bonds. The van der Waals surface area contributed by atoms with Crippen molar-refractivity contribution in [3.05, 3.63) is 47.8 Å². The number of nitrogens with one attached hydrogen (secondary N) is 2. The molecule has 10 heteroatoms. The average molecular weight is 315 g/mol. The summed E-state index contributed by atoms with van der Waals surface area (Å²) in [6.45, 7) is 0.0679. The molecule has 0 bridgehead atoms. The summed E-state index contributed by atoms with van der Waals surface area (Å²) in [5.74, 6) is -1.37. The highest BCUT2D eigenvalue weighted by Crippen LogP contribution is 2.28. The van der Waals surface area contributed by atoms with E-state index in [4.69, 9.17) is 0 Å². The number of para-hydroxylation sites is 1. The Morgan fingerprint density at radius 1 is 1.32 bits per heavy atom. The zero-order valence-corrected chi connectivity index (χ0v) is 11.0. The Labute approximate surface area is 122 Å². The van der Waals surface area contributed by atoms with Crippen LogP contribution < -0.4 is 10.1 Å². The number of alkyl halides is 2. The van der Waals surface area contributed by atoms with E-state index in [0.717, 1.165) is 6.07 Å². The van der Waals surface area contributed by atoms with E-state index >= 15 is 0 Å². The zero-order chi connectivity index (χ0) is 16.2. The summed E-state index contributed by atoms with van der Waals surface area (Å²) in [4.78, 5) is 12.0. The van der Waals surface area contributed by atoms with Crippen molar-refractivity contribution in [1.29, 1.82) is 0 Å². The molecule has 0 radical (unpaired) electrons. The van der Waals surface area contributed by atoms with Gasteiger partial charge >= 0.3 is 13.3 Å². The number of hydrogen-bond donors (Lipinski definition) is 2. The number of aromatic amines is 1. The molecule has 0 atom stereocenters. The van der Waals surface area contributed by atoms with Crippen molar-refractivity contribution in [1.82, 2.24) is 15.5 Å². The van der Waals surface area contributed by atoms with Gasteiger partial charge < -0.3 is 10.1 Å². The molecule has 116 valence electrons. The number of benzene rings is 1. The van der Waals surface area contributed by atoms with Crippen LogP contribution in [0.5, 0.6) is 5.75 Å². The number of carbonyl (C=O) groups excluding carboxylic acids is 1. The molecule has 0 aliphatic carbocycles.